The molecule has 1 fully saturated rings. The highest BCUT2D eigenvalue weighted by molar-refractivity contribution is 7.12. The van der Waals surface area contributed by atoms with Crippen molar-refractivity contribution in [1.29, 1.82) is 0 Å². The van der Waals surface area contributed by atoms with Gasteiger partial charge in [0.2, 0.25) is 11.8 Å². The fraction of sp³-hybridized carbons (Fsp3) is 0.364. The Morgan fingerprint density at radius 3 is 2.78 bits per heavy atom. The summed E-state index contributed by atoms with van der Waals surface area (Å²) in [5.41, 5.74) is 0.568. The van der Waals surface area contributed by atoms with Gasteiger partial charge < -0.3 is 14.9 Å². The van der Waals surface area contributed by atoms with Crippen LogP contribution >= 0.6 is 11.3 Å². The first-order valence-corrected chi connectivity index (χ1v) is 6.18. The van der Waals surface area contributed by atoms with Gasteiger partial charge in [-0.05, 0) is 17.0 Å². The Balaban J connectivity index is 2.14. The molecule has 7 heteroatoms. The van der Waals surface area contributed by atoms with E-state index in [2.05, 4.69) is 0 Å². The molecule has 96 valence electrons. The molecule has 0 aromatic carbocycles. The van der Waals surface area contributed by atoms with Crippen molar-refractivity contribution in [3.05, 3.63) is 21.9 Å². The van der Waals surface area contributed by atoms with Crippen molar-refractivity contribution >= 4 is 29.1 Å². The van der Waals surface area contributed by atoms with Gasteiger partial charge in [0.05, 0.1) is 6.54 Å². The molecule has 0 spiro atoms. The summed E-state index contributed by atoms with van der Waals surface area (Å²) in [7, 11) is 1.57. The average Bonchev–Trinajstić information content (AvgIpc) is 2.74. The Morgan fingerprint density at radius 2 is 2.11 bits per heavy atom. The summed E-state index contributed by atoms with van der Waals surface area (Å²) < 4.78 is 0. The quantitative estimate of drug-likeness (QED) is 0.852. The molecule has 2 heterocycles. The van der Waals surface area contributed by atoms with E-state index in [0.717, 1.165) is 11.3 Å². The monoisotopic (exact) mass is 268 g/mol. The Kier molecular flexibility index (Phi) is 3.33. The lowest BCUT2D eigenvalue weighted by Crippen LogP contribution is -2.51. The molecule has 0 aliphatic carbocycles. The number of carboxylic acid groups (broad SMARTS) is 1. The molecule has 6 nitrogen and oxygen atoms in total. The maximum Gasteiger partial charge on any atom is 0.346 e. The van der Waals surface area contributed by atoms with Gasteiger partial charge in [-0.3, -0.25) is 9.59 Å². The van der Waals surface area contributed by atoms with Crippen LogP contribution in [0.2, 0.25) is 0 Å². The van der Waals surface area contributed by atoms with Crippen LogP contribution in [0.1, 0.15) is 15.2 Å². The second kappa shape index (κ2) is 4.77. The van der Waals surface area contributed by atoms with Crippen molar-refractivity contribution in [3.8, 4) is 0 Å². The third kappa shape index (κ3) is 2.35. The number of likely N-dealkylation sites (N-methyl/N-ethyl adjacent to an activating group) is 1. The van der Waals surface area contributed by atoms with Gasteiger partial charge >= 0.3 is 5.97 Å². The van der Waals surface area contributed by atoms with Crippen LogP contribution in [0.5, 0.6) is 0 Å². The topological polar surface area (TPSA) is 77.9 Å². The molecule has 0 saturated carbocycles. The minimum Gasteiger partial charge on any atom is -0.477 e. The molecular weight excluding hydrogens is 256 g/mol. The number of hydrogen-bond acceptors (Lipinski definition) is 4. The summed E-state index contributed by atoms with van der Waals surface area (Å²) in [6, 6.07) is 1.67. The zero-order valence-corrected chi connectivity index (χ0v) is 10.6. The number of carbonyl (C=O) groups is 3. The Morgan fingerprint density at radius 1 is 1.39 bits per heavy atom. The third-order valence-corrected chi connectivity index (χ3v) is 3.72. The number of carbonyl (C=O) groups excluding carboxylic acids is 2. The van der Waals surface area contributed by atoms with Crippen molar-refractivity contribution in [2.24, 2.45) is 0 Å². The molecule has 0 unspecified atom stereocenters. The Bertz CT molecular complexity index is 511. The number of hydrogen-bond donors (Lipinski definition) is 1. The first-order chi connectivity index (χ1) is 8.49. The molecule has 1 aromatic rings. The van der Waals surface area contributed by atoms with Gasteiger partial charge in [-0.1, -0.05) is 0 Å². The fourth-order valence-corrected chi connectivity index (χ4v) is 2.51. The van der Waals surface area contributed by atoms with E-state index in [9.17, 15) is 14.4 Å². The average molecular weight is 268 g/mol. The molecule has 1 saturated heterocycles. The van der Waals surface area contributed by atoms with E-state index < -0.39 is 5.97 Å². The first-order valence-electron chi connectivity index (χ1n) is 5.30. The zero-order chi connectivity index (χ0) is 13.3. The fourth-order valence-electron chi connectivity index (χ4n) is 1.76. The predicted octanol–water partition coefficient (Wildman–Crippen LogP) is 0.247. The van der Waals surface area contributed by atoms with Crippen molar-refractivity contribution < 1.29 is 19.5 Å². The molecule has 2 amide bonds. The molecule has 0 bridgehead atoms. The molecule has 1 aliphatic rings. The molecular formula is C11H12N2O4S. The minimum atomic E-state index is -1.01. The molecule has 18 heavy (non-hydrogen) atoms. The number of amides is 2. The van der Waals surface area contributed by atoms with E-state index in [-0.39, 0.29) is 36.3 Å². The lowest BCUT2D eigenvalue weighted by molar-refractivity contribution is -0.149. The number of aromatic carboxylic acids is 1. The van der Waals surface area contributed by atoms with Crippen LogP contribution in [0.25, 0.3) is 0 Å². The number of piperazine rings is 1. The SMILES string of the molecule is CN1CC(=O)N(Cc2ccsc2C(=O)O)CC1=O. The van der Waals surface area contributed by atoms with Crippen LogP contribution in [0.15, 0.2) is 11.4 Å². The van der Waals surface area contributed by atoms with Crippen molar-refractivity contribution in [2.45, 2.75) is 6.54 Å². The second-order valence-corrected chi connectivity index (χ2v) is 5.00. The van der Waals surface area contributed by atoms with E-state index in [1.54, 1.807) is 18.5 Å². The smallest absolute Gasteiger partial charge is 0.346 e. The summed E-state index contributed by atoms with van der Waals surface area (Å²) >= 11 is 1.12. The van der Waals surface area contributed by atoms with Gasteiger partial charge in [0, 0.05) is 13.6 Å². The summed E-state index contributed by atoms with van der Waals surface area (Å²) in [5.74, 6) is -1.31. The van der Waals surface area contributed by atoms with E-state index in [4.69, 9.17) is 5.11 Å². The minimum absolute atomic E-state index is 0.00421. The van der Waals surface area contributed by atoms with Crippen molar-refractivity contribution in [2.75, 3.05) is 20.1 Å². The largest absolute Gasteiger partial charge is 0.477 e. The number of rotatable bonds is 3. The molecule has 0 radical (unpaired) electrons. The van der Waals surface area contributed by atoms with Crippen LogP contribution in [-0.2, 0) is 16.1 Å². The molecule has 1 aliphatic heterocycles. The van der Waals surface area contributed by atoms with Crippen LogP contribution < -0.4 is 0 Å². The van der Waals surface area contributed by atoms with Crippen LogP contribution in [0, 0.1) is 0 Å². The van der Waals surface area contributed by atoms with E-state index >= 15 is 0 Å². The zero-order valence-electron chi connectivity index (χ0n) is 9.75. The highest BCUT2D eigenvalue weighted by Crippen LogP contribution is 2.19. The first kappa shape index (κ1) is 12.6. The van der Waals surface area contributed by atoms with Crippen molar-refractivity contribution in [1.82, 2.24) is 9.80 Å². The third-order valence-electron chi connectivity index (χ3n) is 2.78. The van der Waals surface area contributed by atoms with Crippen molar-refractivity contribution in [3.63, 3.8) is 0 Å². The number of nitrogens with zero attached hydrogens (tertiary/aromatic N) is 2. The molecule has 1 N–H and O–H groups in total. The highest BCUT2D eigenvalue weighted by atomic mass is 32.1. The number of carboxylic acids is 1. The normalized spacial score (nSPS) is 16.3. The summed E-state index contributed by atoms with van der Waals surface area (Å²) in [6.07, 6.45) is 0. The number of thiophene rings is 1. The van der Waals surface area contributed by atoms with Gasteiger partial charge in [-0.15, -0.1) is 11.3 Å². The lowest BCUT2D eigenvalue weighted by Gasteiger charge is -2.31. The Labute approximate surface area is 107 Å². The van der Waals surface area contributed by atoms with E-state index in [0.29, 0.717) is 5.56 Å². The Hall–Kier alpha value is -1.89. The second-order valence-electron chi connectivity index (χ2n) is 4.08. The molecule has 1 aromatic heterocycles. The van der Waals surface area contributed by atoms with Gasteiger partial charge in [-0.2, -0.15) is 0 Å². The lowest BCUT2D eigenvalue weighted by atomic mass is 10.2. The molecule has 2 rings (SSSR count). The molecule has 0 atom stereocenters. The van der Waals surface area contributed by atoms with Crippen LogP contribution in [0.3, 0.4) is 0 Å². The maximum absolute atomic E-state index is 11.7. The summed E-state index contributed by atoms with van der Waals surface area (Å²) in [4.78, 5) is 37.2. The standard InChI is InChI=1S/C11H12N2O4S/c1-12-5-9(15)13(6-8(12)14)4-7-2-3-18-10(7)11(16)17/h2-3H,4-6H2,1H3,(H,16,17). The van der Waals surface area contributed by atoms with E-state index in [1.165, 1.54) is 9.80 Å². The van der Waals surface area contributed by atoms with Gasteiger partial charge in [0.15, 0.2) is 0 Å². The van der Waals surface area contributed by atoms with Gasteiger partial charge in [0.1, 0.15) is 11.4 Å². The summed E-state index contributed by atoms with van der Waals surface area (Å²) in [6.45, 7) is 0.221. The van der Waals surface area contributed by atoms with Crippen LogP contribution in [0.4, 0.5) is 0 Å². The van der Waals surface area contributed by atoms with Gasteiger partial charge in [-0.25, -0.2) is 4.79 Å². The predicted molar refractivity (Wildman–Crippen MR) is 64.3 cm³/mol. The summed E-state index contributed by atoms with van der Waals surface area (Å²) in [5, 5.41) is 10.6. The maximum atomic E-state index is 11.7. The van der Waals surface area contributed by atoms with Gasteiger partial charge in [0.25, 0.3) is 0 Å². The van der Waals surface area contributed by atoms with E-state index in [1.807, 2.05) is 0 Å². The van der Waals surface area contributed by atoms with Crippen LogP contribution in [-0.4, -0.2) is 52.8 Å². The highest BCUT2D eigenvalue weighted by Gasteiger charge is 2.28.